The average molecular weight is 178 g/mol. The molecule has 0 fully saturated rings. The van der Waals surface area contributed by atoms with Gasteiger partial charge in [0.05, 0.1) is 6.26 Å². The molecule has 0 aromatic carbocycles. The standard InChI is InChI=1S/C9H10N2O2/c1-11-9(12)5-4-7(10-11)8-3-2-6-13-8/h2-3,6H,4-5H2,1H3. The Balaban J connectivity index is 2.27. The van der Waals surface area contributed by atoms with Crippen LogP contribution in [0, 0.1) is 0 Å². The van der Waals surface area contributed by atoms with Crippen LogP contribution in [0.2, 0.25) is 0 Å². The summed E-state index contributed by atoms with van der Waals surface area (Å²) in [5.74, 6) is 0.801. The van der Waals surface area contributed by atoms with Crippen LogP contribution in [0.5, 0.6) is 0 Å². The van der Waals surface area contributed by atoms with Gasteiger partial charge in [0, 0.05) is 19.9 Å². The van der Waals surface area contributed by atoms with E-state index in [-0.39, 0.29) is 5.91 Å². The van der Waals surface area contributed by atoms with Gasteiger partial charge in [-0.3, -0.25) is 4.79 Å². The van der Waals surface area contributed by atoms with Crippen molar-refractivity contribution in [2.75, 3.05) is 7.05 Å². The van der Waals surface area contributed by atoms with Crippen LogP contribution in [0.4, 0.5) is 0 Å². The Hall–Kier alpha value is -1.58. The molecule has 0 atom stereocenters. The number of hydrogen-bond acceptors (Lipinski definition) is 3. The van der Waals surface area contributed by atoms with E-state index in [1.807, 2.05) is 12.1 Å². The van der Waals surface area contributed by atoms with Crippen molar-refractivity contribution in [3.05, 3.63) is 24.2 Å². The van der Waals surface area contributed by atoms with Crippen LogP contribution in [-0.4, -0.2) is 23.7 Å². The molecule has 0 saturated heterocycles. The van der Waals surface area contributed by atoms with E-state index in [0.717, 1.165) is 11.5 Å². The van der Waals surface area contributed by atoms with Crippen LogP contribution >= 0.6 is 0 Å². The van der Waals surface area contributed by atoms with E-state index in [1.165, 1.54) is 5.01 Å². The lowest BCUT2D eigenvalue weighted by molar-refractivity contribution is -0.130. The summed E-state index contributed by atoms with van der Waals surface area (Å²) in [5, 5.41) is 5.47. The fourth-order valence-electron chi connectivity index (χ4n) is 1.29. The molecule has 0 aliphatic carbocycles. The van der Waals surface area contributed by atoms with Crippen LogP contribution in [0.1, 0.15) is 18.6 Å². The molecule has 2 heterocycles. The van der Waals surface area contributed by atoms with Crippen molar-refractivity contribution in [3.63, 3.8) is 0 Å². The summed E-state index contributed by atoms with van der Waals surface area (Å²) in [5.41, 5.74) is 0.840. The minimum atomic E-state index is 0.0512. The van der Waals surface area contributed by atoms with Crippen LogP contribution < -0.4 is 0 Å². The fourth-order valence-corrected chi connectivity index (χ4v) is 1.29. The number of carbonyl (C=O) groups is 1. The van der Waals surface area contributed by atoms with Crippen LogP contribution in [-0.2, 0) is 4.79 Å². The number of hydrogen-bond donors (Lipinski definition) is 0. The molecule has 68 valence electrons. The molecule has 4 heteroatoms. The van der Waals surface area contributed by atoms with Gasteiger partial charge in [0.25, 0.3) is 0 Å². The van der Waals surface area contributed by atoms with Crippen molar-refractivity contribution in [3.8, 4) is 0 Å². The predicted octanol–water partition coefficient (Wildman–Crippen LogP) is 1.24. The summed E-state index contributed by atoms with van der Waals surface area (Å²) in [6.45, 7) is 0. The van der Waals surface area contributed by atoms with Crippen LogP contribution in [0.3, 0.4) is 0 Å². The molecule has 0 unspecified atom stereocenters. The number of amides is 1. The minimum Gasteiger partial charge on any atom is -0.463 e. The van der Waals surface area contributed by atoms with Gasteiger partial charge in [0.2, 0.25) is 5.91 Å². The second kappa shape index (κ2) is 3.05. The van der Waals surface area contributed by atoms with E-state index < -0.39 is 0 Å². The van der Waals surface area contributed by atoms with Crippen molar-refractivity contribution in [1.82, 2.24) is 5.01 Å². The van der Waals surface area contributed by atoms with E-state index in [4.69, 9.17) is 4.42 Å². The second-order valence-corrected chi connectivity index (χ2v) is 2.94. The van der Waals surface area contributed by atoms with E-state index in [2.05, 4.69) is 5.10 Å². The van der Waals surface area contributed by atoms with E-state index in [0.29, 0.717) is 12.8 Å². The van der Waals surface area contributed by atoms with Gasteiger partial charge in [0.15, 0.2) is 0 Å². The van der Waals surface area contributed by atoms with E-state index in [9.17, 15) is 4.79 Å². The first-order valence-corrected chi connectivity index (χ1v) is 4.15. The quantitative estimate of drug-likeness (QED) is 0.649. The zero-order chi connectivity index (χ0) is 9.26. The van der Waals surface area contributed by atoms with Gasteiger partial charge in [-0.15, -0.1) is 0 Å². The Morgan fingerprint density at radius 1 is 1.54 bits per heavy atom. The molecule has 0 bridgehead atoms. The number of rotatable bonds is 1. The Bertz CT molecular complexity index is 341. The highest BCUT2D eigenvalue weighted by molar-refractivity contribution is 6.02. The zero-order valence-electron chi connectivity index (χ0n) is 7.36. The lowest BCUT2D eigenvalue weighted by Crippen LogP contribution is -2.28. The molecule has 1 amide bonds. The lowest BCUT2D eigenvalue weighted by atomic mass is 10.1. The SMILES string of the molecule is CN1N=C(c2ccco2)CCC1=O. The van der Waals surface area contributed by atoms with Gasteiger partial charge in [-0.25, -0.2) is 5.01 Å². The third-order valence-corrected chi connectivity index (χ3v) is 2.01. The molecule has 1 aromatic heterocycles. The van der Waals surface area contributed by atoms with Crippen molar-refractivity contribution >= 4 is 11.6 Å². The fraction of sp³-hybridized carbons (Fsp3) is 0.333. The summed E-state index contributed by atoms with van der Waals surface area (Å²) < 4.78 is 5.19. The van der Waals surface area contributed by atoms with Crippen molar-refractivity contribution in [1.29, 1.82) is 0 Å². The number of carbonyl (C=O) groups excluding carboxylic acids is 1. The summed E-state index contributed by atoms with van der Waals surface area (Å²) in [6, 6.07) is 3.66. The number of hydrazone groups is 1. The van der Waals surface area contributed by atoms with Crippen molar-refractivity contribution < 1.29 is 9.21 Å². The van der Waals surface area contributed by atoms with Gasteiger partial charge in [-0.05, 0) is 12.1 Å². The minimum absolute atomic E-state index is 0.0512. The first kappa shape index (κ1) is 8.04. The Labute approximate surface area is 75.8 Å². The summed E-state index contributed by atoms with van der Waals surface area (Å²) in [6.07, 6.45) is 2.78. The summed E-state index contributed by atoms with van der Waals surface area (Å²) in [4.78, 5) is 11.1. The van der Waals surface area contributed by atoms with Gasteiger partial charge >= 0.3 is 0 Å². The number of nitrogens with zero attached hydrogens (tertiary/aromatic N) is 2. The highest BCUT2D eigenvalue weighted by Crippen LogP contribution is 2.13. The lowest BCUT2D eigenvalue weighted by Gasteiger charge is -2.17. The molecular weight excluding hydrogens is 168 g/mol. The van der Waals surface area contributed by atoms with Gasteiger partial charge in [-0.1, -0.05) is 0 Å². The Morgan fingerprint density at radius 2 is 2.38 bits per heavy atom. The Morgan fingerprint density at radius 3 is 3.00 bits per heavy atom. The third kappa shape index (κ3) is 1.47. The molecular formula is C9H10N2O2. The second-order valence-electron chi connectivity index (χ2n) is 2.94. The molecule has 13 heavy (non-hydrogen) atoms. The normalized spacial score (nSPS) is 17.5. The highest BCUT2D eigenvalue weighted by Gasteiger charge is 2.19. The molecule has 2 rings (SSSR count). The first-order chi connectivity index (χ1) is 6.27. The summed E-state index contributed by atoms with van der Waals surface area (Å²) >= 11 is 0. The van der Waals surface area contributed by atoms with Gasteiger partial charge in [0.1, 0.15) is 11.5 Å². The monoisotopic (exact) mass is 178 g/mol. The largest absolute Gasteiger partial charge is 0.463 e. The zero-order valence-corrected chi connectivity index (χ0v) is 7.36. The highest BCUT2D eigenvalue weighted by atomic mass is 16.3. The maximum absolute atomic E-state index is 11.1. The predicted molar refractivity (Wildman–Crippen MR) is 47.2 cm³/mol. The molecule has 1 aromatic rings. The van der Waals surface area contributed by atoms with Gasteiger partial charge in [-0.2, -0.15) is 5.10 Å². The van der Waals surface area contributed by atoms with E-state index >= 15 is 0 Å². The van der Waals surface area contributed by atoms with Crippen molar-refractivity contribution in [2.45, 2.75) is 12.8 Å². The van der Waals surface area contributed by atoms with Crippen molar-refractivity contribution in [2.24, 2.45) is 5.10 Å². The molecule has 0 saturated carbocycles. The molecule has 4 nitrogen and oxygen atoms in total. The molecule has 0 radical (unpaired) electrons. The molecule has 0 N–H and O–H groups in total. The maximum atomic E-state index is 11.1. The Kier molecular flexibility index (Phi) is 1.88. The first-order valence-electron chi connectivity index (χ1n) is 4.15. The molecule has 0 spiro atoms. The average Bonchev–Trinajstić information content (AvgIpc) is 2.62. The third-order valence-electron chi connectivity index (χ3n) is 2.01. The summed E-state index contributed by atoms with van der Waals surface area (Å²) in [7, 11) is 1.66. The molecule has 1 aliphatic rings. The van der Waals surface area contributed by atoms with Crippen LogP contribution in [0.15, 0.2) is 27.9 Å². The molecule has 1 aliphatic heterocycles. The van der Waals surface area contributed by atoms with Gasteiger partial charge < -0.3 is 4.42 Å². The van der Waals surface area contributed by atoms with Crippen LogP contribution in [0.25, 0.3) is 0 Å². The topological polar surface area (TPSA) is 45.8 Å². The number of furan rings is 1. The van der Waals surface area contributed by atoms with E-state index in [1.54, 1.807) is 13.3 Å². The maximum Gasteiger partial charge on any atom is 0.242 e. The smallest absolute Gasteiger partial charge is 0.242 e.